The van der Waals surface area contributed by atoms with E-state index in [1.807, 2.05) is 27.7 Å². The number of rotatable bonds is 18. The summed E-state index contributed by atoms with van der Waals surface area (Å²) in [5, 5.41) is 0. The molecule has 0 fully saturated rings. The average molecular weight is 855 g/mol. The molecule has 5 rings (SSSR count). The Morgan fingerprint density at radius 3 is 1.14 bits per heavy atom. The van der Waals surface area contributed by atoms with Crippen LogP contribution in [0.3, 0.4) is 0 Å². The van der Waals surface area contributed by atoms with Crippen molar-refractivity contribution in [3.05, 3.63) is 48.5 Å². The lowest BCUT2D eigenvalue weighted by atomic mass is 9.99. The maximum atomic E-state index is 12.5. The highest BCUT2D eigenvalue weighted by Crippen LogP contribution is 2.36. The summed E-state index contributed by atoms with van der Waals surface area (Å²) in [6.07, 6.45) is 6.66. The molecule has 16 nitrogen and oxygen atoms in total. The molecule has 2 heterocycles. The Hall–Kier alpha value is -3.76. The van der Waals surface area contributed by atoms with Crippen LogP contribution in [0, 0.1) is 11.8 Å². The van der Waals surface area contributed by atoms with Gasteiger partial charge in [-0.2, -0.15) is 33.7 Å². The predicted molar refractivity (Wildman–Crippen MR) is 210 cm³/mol. The molecular formula is C36H46N4O12S4. The van der Waals surface area contributed by atoms with Gasteiger partial charge >= 0.3 is 0 Å². The van der Waals surface area contributed by atoms with Gasteiger partial charge in [-0.25, -0.2) is 9.97 Å². The van der Waals surface area contributed by atoms with Crippen LogP contribution in [0.2, 0.25) is 0 Å². The second kappa shape index (κ2) is 16.6. The standard InChI is InChI=1S/C36H46N4O12S4/c1-5-9-11-23(7-3)21-39-29-17-27(53(41,42)43)19-31(55(47,48)49)33(29)37-35(39)25-13-15-26(16-14-25)36-38-34-30(40(36)22-24(8-4)12-10-6-2)18-28(54(44,45)46)20-32(34)56(50,51)52/h13-20,23-24H,5-12,21-22H2,1-4H3,(H,41,42,43)(H,44,45,46)(H,47,48,49)(H,50,51,52). The summed E-state index contributed by atoms with van der Waals surface area (Å²) < 4.78 is 143. The Morgan fingerprint density at radius 1 is 0.536 bits per heavy atom. The molecule has 0 radical (unpaired) electrons. The maximum Gasteiger partial charge on any atom is 0.296 e. The van der Waals surface area contributed by atoms with E-state index in [-0.39, 0.29) is 58.6 Å². The molecule has 0 amide bonds. The minimum atomic E-state index is -5.03. The van der Waals surface area contributed by atoms with Gasteiger partial charge in [0.1, 0.15) is 32.5 Å². The van der Waals surface area contributed by atoms with E-state index in [0.717, 1.165) is 63.5 Å². The van der Waals surface area contributed by atoms with Crippen LogP contribution in [0.25, 0.3) is 44.8 Å². The van der Waals surface area contributed by atoms with Gasteiger partial charge in [-0.1, -0.05) is 90.5 Å². The Morgan fingerprint density at radius 2 is 0.875 bits per heavy atom. The first kappa shape index (κ1) is 43.4. The lowest BCUT2D eigenvalue weighted by molar-refractivity contribution is 0.397. The van der Waals surface area contributed by atoms with Gasteiger partial charge in [-0.05, 0) is 48.9 Å². The van der Waals surface area contributed by atoms with E-state index < -0.39 is 60.1 Å². The van der Waals surface area contributed by atoms with E-state index in [1.165, 1.54) is 0 Å². The topological polar surface area (TPSA) is 253 Å². The molecule has 2 aromatic heterocycles. The van der Waals surface area contributed by atoms with E-state index >= 15 is 0 Å². The smallest absolute Gasteiger partial charge is 0.296 e. The summed E-state index contributed by atoms with van der Waals surface area (Å²) in [5.74, 6) is 0.560. The minimum Gasteiger partial charge on any atom is -0.324 e. The van der Waals surface area contributed by atoms with E-state index in [9.17, 15) is 51.9 Å². The third kappa shape index (κ3) is 9.33. The molecular weight excluding hydrogens is 809 g/mol. The number of hydrogen-bond donors (Lipinski definition) is 4. The number of fused-ring (bicyclic) bond motifs is 2. The van der Waals surface area contributed by atoms with E-state index in [0.29, 0.717) is 23.3 Å². The summed E-state index contributed by atoms with van der Waals surface area (Å²) in [5.41, 5.74) is 0.554. The highest BCUT2D eigenvalue weighted by Gasteiger charge is 2.29. The highest BCUT2D eigenvalue weighted by molar-refractivity contribution is 7.87. The van der Waals surface area contributed by atoms with Crippen molar-refractivity contribution in [1.82, 2.24) is 19.1 Å². The fourth-order valence-electron chi connectivity index (χ4n) is 6.96. The molecule has 0 aliphatic rings. The van der Waals surface area contributed by atoms with Gasteiger partial charge in [0.15, 0.2) is 0 Å². The Bertz CT molecular complexity index is 2520. The zero-order chi connectivity index (χ0) is 41.4. The number of aromatic nitrogens is 4. The molecule has 4 N–H and O–H groups in total. The Labute approximate surface area is 327 Å². The first-order valence-corrected chi connectivity index (χ1v) is 24.0. The first-order chi connectivity index (χ1) is 26.1. The van der Waals surface area contributed by atoms with Gasteiger partial charge in [0.2, 0.25) is 0 Å². The van der Waals surface area contributed by atoms with Gasteiger partial charge in [0, 0.05) is 24.2 Å². The minimum absolute atomic E-state index is 0.0497. The summed E-state index contributed by atoms with van der Waals surface area (Å²) in [4.78, 5) is 6.10. The molecule has 306 valence electrons. The largest absolute Gasteiger partial charge is 0.324 e. The van der Waals surface area contributed by atoms with Crippen molar-refractivity contribution in [1.29, 1.82) is 0 Å². The predicted octanol–water partition coefficient (Wildman–Crippen LogP) is 7.14. The first-order valence-electron chi connectivity index (χ1n) is 18.2. The third-order valence-corrected chi connectivity index (χ3v) is 13.5. The summed E-state index contributed by atoms with van der Waals surface area (Å²) in [6.45, 7) is 8.63. The van der Waals surface area contributed by atoms with Gasteiger partial charge in [0.25, 0.3) is 40.5 Å². The number of hydrogen-bond acceptors (Lipinski definition) is 10. The number of imidazole rings is 2. The van der Waals surface area contributed by atoms with Gasteiger partial charge in [-0.15, -0.1) is 0 Å². The molecule has 0 aliphatic carbocycles. The van der Waals surface area contributed by atoms with Crippen LogP contribution in [0.5, 0.6) is 0 Å². The Balaban J connectivity index is 1.77. The Kier molecular flexibility index (Phi) is 12.9. The third-order valence-electron chi connectivity index (χ3n) is 10.1. The molecule has 20 heteroatoms. The second-order valence-corrected chi connectivity index (χ2v) is 19.6. The lowest BCUT2D eigenvalue weighted by Gasteiger charge is -2.19. The molecule has 0 bridgehead atoms. The molecule has 56 heavy (non-hydrogen) atoms. The van der Waals surface area contributed by atoms with Crippen LogP contribution in [0.15, 0.2) is 68.1 Å². The van der Waals surface area contributed by atoms with Crippen molar-refractivity contribution in [2.24, 2.45) is 11.8 Å². The van der Waals surface area contributed by atoms with Gasteiger partial charge in [0.05, 0.1) is 20.8 Å². The van der Waals surface area contributed by atoms with E-state index in [1.54, 1.807) is 33.4 Å². The van der Waals surface area contributed by atoms with Crippen molar-refractivity contribution in [2.45, 2.75) is 112 Å². The number of nitrogens with zero attached hydrogens (tertiary/aromatic N) is 4. The molecule has 5 aromatic rings. The van der Waals surface area contributed by atoms with Gasteiger partial charge < -0.3 is 9.13 Å². The molecule has 2 unspecified atom stereocenters. The molecule has 0 aliphatic heterocycles. The summed E-state index contributed by atoms with van der Waals surface area (Å²) in [6, 6.07) is 10.1. The van der Waals surface area contributed by atoms with Crippen molar-refractivity contribution in [3.63, 3.8) is 0 Å². The summed E-state index contributed by atoms with van der Waals surface area (Å²) in [7, 11) is -19.9. The second-order valence-electron chi connectivity index (χ2n) is 14.0. The van der Waals surface area contributed by atoms with Crippen molar-refractivity contribution < 1.29 is 51.9 Å². The van der Waals surface area contributed by atoms with Crippen molar-refractivity contribution >= 4 is 62.5 Å². The number of unbranched alkanes of at least 4 members (excludes halogenated alkanes) is 2. The highest BCUT2D eigenvalue weighted by atomic mass is 32.2. The molecule has 3 aromatic carbocycles. The average Bonchev–Trinajstić information content (AvgIpc) is 3.67. The molecule has 0 spiro atoms. The zero-order valence-corrected chi connectivity index (χ0v) is 34.6. The fourth-order valence-corrected chi connectivity index (χ4v) is 9.50. The van der Waals surface area contributed by atoms with Crippen LogP contribution in [0.4, 0.5) is 0 Å². The fraction of sp³-hybridized carbons (Fsp3) is 0.444. The van der Waals surface area contributed by atoms with E-state index in [4.69, 9.17) is 0 Å². The molecule has 0 saturated heterocycles. The quantitative estimate of drug-likeness (QED) is 0.0640. The van der Waals surface area contributed by atoms with Crippen molar-refractivity contribution in [3.8, 4) is 22.8 Å². The zero-order valence-electron chi connectivity index (χ0n) is 31.3. The monoisotopic (exact) mass is 854 g/mol. The SMILES string of the molecule is CCCCC(CC)Cn1c(-c2ccc(-c3nc4c(S(=O)(=O)O)cc(S(=O)(=O)O)cc4n3CC(CC)CCCC)cc2)nc2c(S(=O)(=O)O)cc(S(=O)(=O)O)cc21. The normalized spacial score (nSPS) is 14.1. The van der Waals surface area contributed by atoms with Crippen LogP contribution >= 0.6 is 0 Å². The van der Waals surface area contributed by atoms with Crippen LogP contribution in [-0.2, 0) is 53.6 Å². The van der Waals surface area contributed by atoms with Crippen LogP contribution in [-0.4, -0.2) is 71.0 Å². The molecule has 0 saturated carbocycles. The van der Waals surface area contributed by atoms with Gasteiger partial charge in [-0.3, -0.25) is 18.2 Å². The number of benzene rings is 3. The molecule has 2 atom stereocenters. The maximum absolute atomic E-state index is 12.5. The van der Waals surface area contributed by atoms with Crippen molar-refractivity contribution in [2.75, 3.05) is 0 Å². The van der Waals surface area contributed by atoms with E-state index in [2.05, 4.69) is 9.97 Å². The van der Waals surface area contributed by atoms with Crippen LogP contribution < -0.4 is 0 Å². The lowest BCUT2D eigenvalue weighted by Crippen LogP contribution is -2.12. The summed E-state index contributed by atoms with van der Waals surface area (Å²) >= 11 is 0. The van der Waals surface area contributed by atoms with Crippen LogP contribution in [0.1, 0.15) is 79.1 Å².